The molecule has 1 unspecified atom stereocenters. The molecule has 4 bridgehead atoms. The Labute approximate surface area is 377 Å². The summed E-state index contributed by atoms with van der Waals surface area (Å²) < 4.78 is 33.0. The van der Waals surface area contributed by atoms with Gasteiger partial charge in [-0.15, -0.1) is 0 Å². The highest BCUT2D eigenvalue weighted by Crippen LogP contribution is 2.40. The van der Waals surface area contributed by atoms with Crippen molar-refractivity contribution in [1.29, 1.82) is 5.26 Å². The molecule has 3 aromatic rings. The normalized spacial score (nSPS) is 16.5. The van der Waals surface area contributed by atoms with E-state index < -0.39 is 59.5 Å². The van der Waals surface area contributed by atoms with E-state index in [-0.39, 0.29) is 80.7 Å². The molecule has 0 spiro atoms. The van der Waals surface area contributed by atoms with Crippen LogP contribution in [0.25, 0.3) is 11.1 Å². The van der Waals surface area contributed by atoms with Gasteiger partial charge in [0.05, 0.1) is 17.7 Å². The molecule has 1 aliphatic rings. The second-order valence-electron chi connectivity index (χ2n) is 15.2. The van der Waals surface area contributed by atoms with Crippen molar-refractivity contribution in [3.63, 3.8) is 0 Å². The Kier molecular flexibility index (Phi) is 20.0. The molecular weight excluding hydrogens is 849 g/mol. The molecule has 10 N–H and O–H groups in total. The number of halogens is 2. The molecule has 0 aliphatic carbocycles. The highest BCUT2D eigenvalue weighted by molar-refractivity contribution is 6.32. The van der Waals surface area contributed by atoms with Crippen LogP contribution >= 0.6 is 11.6 Å². The zero-order valence-electron chi connectivity index (χ0n) is 36.5. The van der Waals surface area contributed by atoms with Crippen molar-refractivity contribution in [1.82, 2.24) is 26.2 Å². The molecule has 0 aromatic heterocycles. The van der Waals surface area contributed by atoms with Gasteiger partial charge in [-0.25, -0.2) is 4.39 Å². The smallest absolute Gasteiger partial charge is 0.252 e. The number of likely N-dealkylation sites (N-methyl/N-ethyl adjacent to an activating group) is 1. The number of hydrogen-bond donors (Lipinski definition) is 7. The molecule has 0 fully saturated rings. The standard InChI is InChI=1S/C45H59ClFN9O8/c1-4-5-6-7-8-19-64-40-33(46)25-30(26-34(40)47)42(58)54-35(13-14-48)45(61)56(3)39-29-10-12-38(63-21-17-51)32(24-29)31-22-28(9-11-37(31)62-20-16-50)23-36(43(59)52-18-15-49)55-41(57)27(2)53-44(39)60/h9-12,22,24-27,35-36,39H,4-8,13-14,16-21,23,48,50-51H2,1-3H3,(H,52,59)(H,53,60)(H,54,58)(H,55,57)/t27-,35-,36-,39?/m0/s1. The van der Waals surface area contributed by atoms with E-state index in [1.165, 1.54) is 20.0 Å². The fraction of sp³-hybridized carbons (Fsp3) is 0.467. The summed E-state index contributed by atoms with van der Waals surface area (Å²) in [6.07, 6.45) is 4.70. The van der Waals surface area contributed by atoms with Crippen LogP contribution in [0.2, 0.25) is 5.02 Å². The fourth-order valence-corrected chi connectivity index (χ4v) is 7.34. The summed E-state index contributed by atoms with van der Waals surface area (Å²) >= 11 is 6.38. The maximum absolute atomic E-state index is 15.3. The van der Waals surface area contributed by atoms with Crippen LogP contribution in [0.1, 0.15) is 79.9 Å². The van der Waals surface area contributed by atoms with Crippen molar-refractivity contribution in [2.45, 2.75) is 83.0 Å². The van der Waals surface area contributed by atoms with Crippen LogP contribution in [0.4, 0.5) is 4.39 Å². The van der Waals surface area contributed by atoms with Crippen molar-refractivity contribution < 1.29 is 42.6 Å². The van der Waals surface area contributed by atoms with Crippen LogP contribution in [-0.2, 0) is 25.6 Å². The van der Waals surface area contributed by atoms with Gasteiger partial charge in [0, 0.05) is 43.2 Å². The van der Waals surface area contributed by atoms with Crippen molar-refractivity contribution in [3.8, 4) is 34.4 Å². The minimum Gasteiger partial charge on any atom is -0.492 e. The van der Waals surface area contributed by atoms with Crippen LogP contribution < -0.4 is 52.7 Å². The van der Waals surface area contributed by atoms with E-state index in [4.69, 9.17) is 48.3 Å². The van der Waals surface area contributed by atoms with E-state index in [0.29, 0.717) is 34.6 Å². The second kappa shape index (κ2) is 25.3. The SMILES string of the molecule is CCCCCCCOc1c(F)cc(C(=O)N[C@@H](CCN)C(=O)N(C)C2C(=O)N[C@@H](C)C(=O)N[C@H](C(=O)NCC#N)Cc3ccc(OCCN)c(c3)-c3cc2ccc3OCCN)cc1Cl. The van der Waals surface area contributed by atoms with Crippen LogP contribution in [0, 0.1) is 17.1 Å². The molecule has 4 rings (SSSR count). The lowest BCUT2D eigenvalue weighted by Gasteiger charge is -2.32. The maximum atomic E-state index is 15.3. The fourth-order valence-electron chi connectivity index (χ4n) is 7.08. The van der Waals surface area contributed by atoms with E-state index in [0.717, 1.165) is 36.6 Å². The molecule has 19 heteroatoms. The first-order valence-corrected chi connectivity index (χ1v) is 21.7. The van der Waals surface area contributed by atoms with E-state index in [2.05, 4.69) is 28.2 Å². The number of amides is 5. The van der Waals surface area contributed by atoms with Gasteiger partial charge in [-0.05, 0) is 73.8 Å². The number of nitriles is 1. The first kappa shape index (κ1) is 50.6. The quantitative estimate of drug-likeness (QED) is 0.0601. The van der Waals surface area contributed by atoms with Crippen molar-refractivity contribution in [2.75, 3.05) is 53.0 Å². The van der Waals surface area contributed by atoms with Crippen molar-refractivity contribution in [2.24, 2.45) is 17.2 Å². The maximum Gasteiger partial charge on any atom is 0.252 e. The number of carbonyl (C=O) groups excluding carboxylic acids is 5. The number of carbonyl (C=O) groups is 5. The third-order valence-electron chi connectivity index (χ3n) is 10.4. The predicted octanol–water partition coefficient (Wildman–Crippen LogP) is 3.00. The average molecular weight is 908 g/mol. The summed E-state index contributed by atoms with van der Waals surface area (Å²) in [5, 5.41) is 19.5. The lowest BCUT2D eigenvalue weighted by Crippen LogP contribution is -2.56. The predicted molar refractivity (Wildman–Crippen MR) is 239 cm³/mol. The Bertz CT molecular complexity index is 2130. The van der Waals surface area contributed by atoms with Gasteiger partial charge in [-0.2, -0.15) is 5.26 Å². The molecule has 64 heavy (non-hydrogen) atoms. The summed E-state index contributed by atoms with van der Waals surface area (Å²) in [6, 6.07) is 8.81. The van der Waals surface area contributed by atoms with Gasteiger partial charge in [0.25, 0.3) is 5.91 Å². The molecule has 346 valence electrons. The number of ether oxygens (including phenoxy) is 3. The number of nitrogens with one attached hydrogen (secondary N) is 4. The first-order chi connectivity index (χ1) is 30.8. The van der Waals surface area contributed by atoms with Crippen molar-refractivity contribution >= 4 is 41.1 Å². The molecule has 0 radical (unpaired) electrons. The molecule has 3 aromatic carbocycles. The lowest BCUT2D eigenvalue weighted by molar-refractivity contribution is -0.141. The molecular formula is C45H59ClFN9O8. The molecule has 5 amide bonds. The van der Waals surface area contributed by atoms with Crippen LogP contribution in [0.3, 0.4) is 0 Å². The van der Waals surface area contributed by atoms with E-state index in [1.807, 2.05) is 6.07 Å². The van der Waals surface area contributed by atoms with E-state index in [1.54, 1.807) is 36.4 Å². The first-order valence-electron chi connectivity index (χ1n) is 21.4. The molecule has 17 nitrogen and oxygen atoms in total. The van der Waals surface area contributed by atoms with E-state index >= 15 is 4.39 Å². The zero-order chi connectivity index (χ0) is 46.8. The number of hydrogen-bond acceptors (Lipinski definition) is 12. The number of rotatable bonds is 21. The van der Waals surface area contributed by atoms with Crippen LogP contribution in [-0.4, -0.2) is 106 Å². The van der Waals surface area contributed by atoms with Crippen LogP contribution in [0.5, 0.6) is 17.2 Å². The Morgan fingerprint density at radius 1 is 0.906 bits per heavy atom. The summed E-state index contributed by atoms with van der Waals surface area (Å²) in [5.41, 5.74) is 19.1. The van der Waals surface area contributed by atoms with E-state index in [9.17, 15) is 24.0 Å². The Balaban J connectivity index is 1.77. The number of benzene rings is 3. The largest absolute Gasteiger partial charge is 0.492 e. The Morgan fingerprint density at radius 3 is 2.22 bits per heavy atom. The van der Waals surface area contributed by atoms with Gasteiger partial charge < -0.3 is 57.6 Å². The number of nitrogens with two attached hydrogens (primary N) is 3. The molecule has 0 saturated heterocycles. The second-order valence-corrected chi connectivity index (χ2v) is 15.6. The van der Waals surface area contributed by atoms with Gasteiger partial charge in [0.1, 0.15) is 55.4 Å². The summed E-state index contributed by atoms with van der Waals surface area (Å²) in [6.45, 7) is 3.96. The minimum absolute atomic E-state index is 0.0173. The minimum atomic E-state index is -1.46. The van der Waals surface area contributed by atoms with Crippen LogP contribution in [0.15, 0.2) is 48.5 Å². The highest BCUT2D eigenvalue weighted by atomic mass is 35.5. The van der Waals surface area contributed by atoms with Crippen molar-refractivity contribution in [3.05, 3.63) is 76.1 Å². The third-order valence-corrected chi connectivity index (χ3v) is 10.6. The lowest BCUT2D eigenvalue weighted by atomic mass is 9.93. The highest BCUT2D eigenvalue weighted by Gasteiger charge is 2.36. The summed E-state index contributed by atoms with van der Waals surface area (Å²) in [4.78, 5) is 70.7. The Hall–Kier alpha value is -6.00. The third kappa shape index (κ3) is 13.7. The number of unbranched alkanes of at least 4 members (excludes halogenated alkanes) is 4. The zero-order valence-corrected chi connectivity index (χ0v) is 37.2. The number of fused-ring (bicyclic) bond motifs is 5. The summed E-state index contributed by atoms with van der Waals surface area (Å²) in [5.74, 6) is -4.09. The monoisotopic (exact) mass is 907 g/mol. The molecule has 4 atom stereocenters. The number of nitrogens with zero attached hydrogens (tertiary/aromatic N) is 2. The molecule has 1 aliphatic heterocycles. The average Bonchev–Trinajstić information content (AvgIpc) is 3.27. The van der Waals surface area contributed by atoms with Gasteiger partial charge in [-0.1, -0.05) is 56.3 Å². The topological polar surface area (TPSA) is 266 Å². The molecule has 0 saturated carbocycles. The van der Waals surface area contributed by atoms with Gasteiger partial charge in [0.15, 0.2) is 11.6 Å². The molecule has 1 heterocycles. The summed E-state index contributed by atoms with van der Waals surface area (Å²) in [7, 11) is 1.35. The van der Waals surface area contributed by atoms with Gasteiger partial charge in [-0.3, -0.25) is 24.0 Å². The van der Waals surface area contributed by atoms with Gasteiger partial charge in [0.2, 0.25) is 23.6 Å². The van der Waals surface area contributed by atoms with Gasteiger partial charge >= 0.3 is 0 Å². The Morgan fingerprint density at radius 2 is 1.58 bits per heavy atom.